The maximum absolute atomic E-state index is 12.0. The van der Waals surface area contributed by atoms with Crippen LogP contribution in [0.3, 0.4) is 0 Å². The lowest BCUT2D eigenvalue weighted by Gasteiger charge is -2.18. The van der Waals surface area contributed by atoms with E-state index in [0.717, 1.165) is 12.7 Å². The van der Waals surface area contributed by atoms with Crippen LogP contribution in [0.2, 0.25) is 0 Å². The van der Waals surface area contributed by atoms with Gasteiger partial charge in [-0.3, -0.25) is 14.4 Å². The molecule has 0 atom stereocenters. The van der Waals surface area contributed by atoms with Gasteiger partial charge in [0, 0.05) is 49.8 Å². The van der Waals surface area contributed by atoms with E-state index in [0.29, 0.717) is 56.2 Å². The number of ether oxygens (including phenoxy) is 1. The summed E-state index contributed by atoms with van der Waals surface area (Å²) in [6.07, 6.45) is 9.48. The molecule has 0 unspecified atom stereocenters. The van der Waals surface area contributed by atoms with Crippen LogP contribution in [0.25, 0.3) is 0 Å². The van der Waals surface area contributed by atoms with Crippen molar-refractivity contribution >= 4 is 18.1 Å². The van der Waals surface area contributed by atoms with Crippen molar-refractivity contribution in [1.82, 2.24) is 10.6 Å². The Morgan fingerprint density at radius 3 is 2.34 bits per heavy atom. The van der Waals surface area contributed by atoms with Gasteiger partial charge in [-0.25, -0.2) is 0 Å². The first-order chi connectivity index (χ1) is 15.7. The molecule has 1 aromatic rings. The highest BCUT2D eigenvalue weighted by Gasteiger charge is 2.11. The molecule has 6 nitrogen and oxygen atoms in total. The van der Waals surface area contributed by atoms with E-state index in [1.54, 1.807) is 24.3 Å². The van der Waals surface area contributed by atoms with E-state index < -0.39 is 0 Å². The largest absolute Gasteiger partial charge is 0.381 e. The third-order valence-electron chi connectivity index (χ3n) is 5.25. The van der Waals surface area contributed by atoms with E-state index in [2.05, 4.69) is 34.3 Å². The highest BCUT2D eigenvalue weighted by atomic mass is 16.5. The van der Waals surface area contributed by atoms with Crippen molar-refractivity contribution in [3.8, 4) is 23.7 Å². The van der Waals surface area contributed by atoms with Gasteiger partial charge in [0.15, 0.2) is 0 Å². The van der Waals surface area contributed by atoms with E-state index in [1.807, 2.05) is 0 Å². The summed E-state index contributed by atoms with van der Waals surface area (Å²) in [5.74, 6) is 11.2. The molecule has 1 aromatic carbocycles. The standard InChI is InChI=1S/C26H32N2O4/c29-21-23-13-15-24(16-14-23)26(31)28-18-8-20-32-19-7-17-27-25(30)12-6-2-5-11-22-9-3-1-4-10-22/h13-16,21-22H,1,3-4,7-11,17-20H2,(H,27,30)(H,28,31). The van der Waals surface area contributed by atoms with E-state index in [4.69, 9.17) is 4.74 Å². The summed E-state index contributed by atoms with van der Waals surface area (Å²) in [7, 11) is 0. The summed E-state index contributed by atoms with van der Waals surface area (Å²) in [5, 5.41) is 5.54. The smallest absolute Gasteiger partial charge is 0.296 e. The second-order valence-corrected chi connectivity index (χ2v) is 7.83. The van der Waals surface area contributed by atoms with Gasteiger partial charge in [0.1, 0.15) is 6.29 Å². The molecule has 1 aliphatic carbocycles. The average molecular weight is 437 g/mol. The lowest BCUT2D eigenvalue weighted by Crippen LogP contribution is -2.25. The van der Waals surface area contributed by atoms with Crippen molar-refractivity contribution in [3.05, 3.63) is 35.4 Å². The maximum atomic E-state index is 12.0. The first-order valence-corrected chi connectivity index (χ1v) is 11.4. The van der Waals surface area contributed by atoms with Gasteiger partial charge < -0.3 is 15.4 Å². The normalized spacial score (nSPS) is 13.1. The number of amides is 2. The van der Waals surface area contributed by atoms with Crippen LogP contribution in [-0.2, 0) is 9.53 Å². The van der Waals surface area contributed by atoms with Gasteiger partial charge in [0.2, 0.25) is 0 Å². The molecule has 2 amide bonds. The summed E-state index contributed by atoms with van der Waals surface area (Å²) < 4.78 is 5.50. The average Bonchev–Trinajstić information content (AvgIpc) is 2.83. The molecule has 0 heterocycles. The molecule has 6 heteroatoms. The van der Waals surface area contributed by atoms with Crippen molar-refractivity contribution < 1.29 is 19.1 Å². The van der Waals surface area contributed by atoms with Crippen LogP contribution in [0.5, 0.6) is 0 Å². The maximum Gasteiger partial charge on any atom is 0.296 e. The Hall–Kier alpha value is -3.09. The molecule has 170 valence electrons. The fraction of sp³-hybridized carbons (Fsp3) is 0.500. The van der Waals surface area contributed by atoms with Crippen molar-refractivity contribution in [2.75, 3.05) is 26.3 Å². The summed E-state index contributed by atoms with van der Waals surface area (Å²) in [5.41, 5.74) is 1.06. The Bertz CT molecular complexity index is 850. The molecule has 0 spiro atoms. The van der Waals surface area contributed by atoms with Gasteiger partial charge in [0.05, 0.1) is 0 Å². The van der Waals surface area contributed by atoms with Gasteiger partial charge in [-0.05, 0) is 55.6 Å². The van der Waals surface area contributed by atoms with Crippen LogP contribution < -0.4 is 10.6 Å². The predicted molar refractivity (Wildman–Crippen MR) is 124 cm³/mol. The monoisotopic (exact) mass is 436 g/mol. The van der Waals surface area contributed by atoms with E-state index >= 15 is 0 Å². The fourth-order valence-corrected chi connectivity index (χ4v) is 3.43. The van der Waals surface area contributed by atoms with Crippen molar-refractivity contribution in [1.29, 1.82) is 0 Å². The predicted octanol–water partition coefficient (Wildman–Crippen LogP) is 3.12. The number of nitrogens with one attached hydrogen (secondary N) is 2. The summed E-state index contributed by atoms with van der Waals surface area (Å²) >= 11 is 0. The lowest BCUT2D eigenvalue weighted by atomic mass is 9.87. The SMILES string of the molecule is O=Cc1ccc(C(=O)NCCCOCCCNC(=O)C#CC#CCC2CCCCC2)cc1. The van der Waals surface area contributed by atoms with Gasteiger partial charge in [-0.1, -0.05) is 37.3 Å². The summed E-state index contributed by atoms with van der Waals surface area (Å²) in [4.78, 5) is 34.2. The highest BCUT2D eigenvalue weighted by molar-refractivity contribution is 5.95. The molecule has 1 saturated carbocycles. The van der Waals surface area contributed by atoms with Crippen molar-refractivity contribution in [2.24, 2.45) is 5.92 Å². The van der Waals surface area contributed by atoms with Crippen LogP contribution in [0, 0.1) is 29.6 Å². The minimum atomic E-state index is -0.319. The Labute approximate surface area is 190 Å². The molecule has 0 aromatic heterocycles. The van der Waals surface area contributed by atoms with Gasteiger partial charge in [0.25, 0.3) is 11.8 Å². The van der Waals surface area contributed by atoms with Crippen LogP contribution in [-0.4, -0.2) is 44.4 Å². The number of benzene rings is 1. The van der Waals surface area contributed by atoms with E-state index in [-0.39, 0.29) is 11.8 Å². The number of hydrogen-bond acceptors (Lipinski definition) is 4. The third-order valence-corrected chi connectivity index (χ3v) is 5.25. The number of aldehydes is 1. The Morgan fingerprint density at radius 2 is 1.66 bits per heavy atom. The van der Waals surface area contributed by atoms with E-state index in [9.17, 15) is 14.4 Å². The van der Waals surface area contributed by atoms with Gasteiger partial charge in [-0.2, -0.15) is 0 Å². The fourth-order valence-electron chi connectivity index (χ4n) is 3.43. The number of carbonyl (C=O) groups is 3. The molecule has 1 fully saturated rings. The molecule has 0 aliphatic heterocycles. The third kappa shape index (κ3) is 10.8. The molecule has 32 heavy (non-hydrogen) atoms. The van der Waals surface area contributed by atoms with Gasteiger partial charge >= 0.3 is 0 Å². The zero-order valence-corrected chi connectivity index (χ0v) is 18.6. The number of rotatable bonds is 11. The van der Waals surface area contributed by atoms with Gasteiger partial charge in [-0.15, -0.1) is 0 Å². The molecule has 0 radical (unpaired) electrons. The van der Waals surface area contributed by atoms with Crippen LogP contribution in [0.4, 0.5) is 0 Å². The number of hydrogen-bond donors (Lipinski definition) is 2. The van der Waals surface area contributed by atoms with E-state index in [1.165, 1.54) is 32.1 Å². The number of carbonyl (C=O) groups excluding carboxylic acids is 3. The zero-order chi connectivity index (χ0) is 22.9. The lowest BCUT2D eigenvalue weighted by molar-refractivity contribution is -0.115. The second-order valence-electron chi connectivity index (χ2n) is 7.83. The molecule has 2 rings (SSSR count). The zero-order valence-electron chi connectivity index (χ0n) is 18.6. The first-order valence-electron chi connectivity index (χ1n) is 11.4. The molecular formula is C26H32N2O4. The topological polar surface area (TPSA) is 84.5 Å². The van der Waals surface area contributed by atoms with Crippen LogP contribution in [0.15, 0.2) is 24.3 Å². The molecule has 0 bridgehead atoms. The van der Waals surface area contributed by atoms with Crippen molar-refractivity contribution in [3.63, 3.8) is 0 Å². The highest BCUT2D eigenvalue weighted by Crippen LogP contribution is 2.25. The minimum absolute atomic E-state index is 0.176. The second kappa shape index (κ2) is 15.7. The van der Waals surface area contributed by atoms with Crippen molar-refractivity contribution in [2.45, 2.75) is 51.4 Å². The van der Waals surface area contributed by atoms with Crippen LogP contribution in [0.1, 0.15) is 72.1 Å². The Balaban J connectivity index is 1.43. The molecular weight excluding hydrogens is 404 g/mol. The summed E-state index contributed by atoms with van der Waals surface area (Å²) in [6.45, 7) is 2.05. The molecule has 0 saturated heterocycles. The first kappa shape index (κ1) is 25.2. The minimum Gasteiger partial charge on any atom is -0.381 e. The Kier molecular flexibility index (Phi) is 12.3. The quantitative estimate of drug-likeness (QED) is 0.317. The molecule has 2 N–H and O–H groups in total. The van der Waals surface area contributed by atoms with Crippen LogP contribution >= 0.6 is 0 Å². The Morgan fingerprint density at radius 1 is 0.969 bits per heavy atom. The summed E-state index contributed by atoms with van der Waals surface area (Å²) in [6, 6.07) is 6.47. The molecule has 1 aliphatic rings.